The smallest absolute Gasteiger partial charge is 0.291 e. The van der Waals surface area contributed by atoms with Gasteiger partial charge in [-0.05, 0) is 63.6 Å². The number of hydrogen-bond donors (Lipinski definition) is 1. The Balaban J connectivity index is 1.76. The molecule has 4 rings (SSSR count). The standard InChI is InChI=1S/C22H20BrNO4/c1-11-9-13(5-6-14(11)23)24-21(26)20-12(2)18-16(27-20)7-8-17-19(18)15(25)10-22(3,4)28-17/h5-9H,10H2,1-4H3,(H,24,26). The molecule has 2 aromatic carbocycles. The van der Waals surface area contributed by atoms with Crippen molar-refractivity contribution < 1.29 is 18.7 Å². The first kappa shape index (κ1) is 18.7. The van der Waals surface area contributed by atoms with Gasteiger partial charge in [-0.2, -0.15) is 0 Å². The fraction of sp³-hybridized carbons (Fsp3) is 0.273. The number of nitrogens with one attached hydrogen (secondary N) is 1. The van der Waals surface area contributed by atoms with Gasteiger partial charge in [0.15, 0.2) is 11.5 Å². The minimum Gasteiger partial charge on any atom is -0.487 e. The van der Waals surface area contributed by atoms with Crippen molar-refractivity contribution in [1.82, 2.24) is 0 Å². The van der Waals surface area contributed by atoms with Crippen molar-refractivity contribution in [3.63, 3.8) is 0 Å². The van der Waals surface area contributed by atoms with E-state index >= 15 is 0 Å². The Labute approximate surface area is 171 Å². The van der Waals surface area contributed by atoms with Crippen molar-refractivity contribution in [3.8, 4) is 5.75 Å². The van der Waals surface area contributed by atoms with Crippen LogP contribution in [0.15, 0.2) is 39.2 Å². The molecule has 144 valence electrons. The number of carbonyl (C=O) groups excluding carboxylic acids is 2. The molecule has 0 aliphatic carbocycles. The monoisotopic (exact) mass is 441 g/mol. The van der Waals surface area contributed by atoms with Crippen molar-refractivity contribution in [1.29, 1.82) is 0 Å². The van der Waals surface area contributed by atoms with Gasteiger partial charge in [-0.1, -0.05) is 15.9 Å². The van der Waals surface area contributed by atoms with Crippen LogP contribution in [-0.4, -0.2) is 17.3 Å². The number of benzene rings is 2. The Morgan fingerprint density at radius 3 is 2.64 bits per heavy atom. The van der Waals surface area contributed by atoms with Crippen molar-refractivity contribution in [2.75, 3.05) is 5.32 Å². The summed E-state index contributed by atoms with van der Waals surface area (Å²) in [7, 11) is 0. The Hall–Kier alpha value is -2.60. The van der Waals surface area contributed by atoms with Crippen molar-refractivity contribution in [2.45, 2.75) is 39.7 Å². The minimum absolute atomic E-state index is 0.00348. The van der Waals surface area contributed by atoms with Crippen LogP contribution in [0, 0.1) is 13.8 Å². The predicted octanol–water partition coefficient (Wildman–Crippen LogP) is 5.81. The number of anilines is 1. The highest BCUT2D eigenvalue weighted by molar-refractivity contribution is 9.10. The van der Waals surface area contributed by atoms with E-state index in [4.69, 9.17) is 9.15 Å². The minimum atomic E-state index is -0.547. The second-order valence-corrected chi connectivity index (χ2v) is 8.60. The van der Waals surface area contributed by atoms with Gasteiger partial charge >= 0.3 is 0 Å². The van der Waals surface area contributed by atoms with Crippen molar-refractivity contribution >= 4 is 44.3 Å². The highest BCUT2D eigenvalue weighted by Gasteiger charge is 2.35. The molecule has 1 N–H and O–H groups in total. The summed E-state index contributed by atoms with van der Waals surface area (Å²) < 4.78 is 12.8. The molecule has 28 heavy (non-hydrogen) atoms. The first-order valence-corrected chi connectivity index (χ1v) is 9.81. The van der Waals surface area contributed by atoms with Crippen LogP contribution in [0.25, 0.3) is 11.0 Å². The molecule has 6 heteroatoms. The summed E-state index contributed by atoms with van der Waals surface area (Å²) in [4.78, 5) is 25.6. The van der Waals surface area contributed by atoms with E-state index in [1.54, 1.807) is 19.1 Å². The van der Waals surface area contributed by atoms with Crippen molar-refractivity contribution in [3.05, 3.63) is 57.3 Å². The number of aryl methyl sites for hydroxylation is 2. The van der Waals surface area contributed by atoms with Gasteiger partial charge in [-0.3, -0.25) is 9.59 Å². The van der Waals surface area contributed by atoms with E-state index in [2.05, 4.69) is 21.2 Å². The highest BCUT2D eigenvalue weighted by Crippen LogP contribution is 2.40. The third-order valence-corrected chi connectivity index (χ3v) is 5.82. The second-order valence-electron chi connectivity index (χ2n) is 7.75. The Kier molecular flexibility index (Phi) is 4.34. The quantitative estimate of drug-likeness (QED) is 0.544. The molecule has 0 fully saturated rings. The molecule has 1 amide bonds. The Morgan fingerprint density at radius 1 is 1.18 bits per heavy atom. The van der Waals surface area contributed by atoms with E-state index in [1.807, 2.05) is 39.0 Å². The molecule has 0 spiro atoms. The van der Waals surface area contributed by atoms with E-state index in [0.29, 0.717) is 33.5 Å². The number of Topliss-reactive ketones (excluding diaryl/α,β-unsaturated/α-hetero) is 1. The van der Waals surface area contributed by atoms with Gasteiger partial charge in [0.2, 0.25) is 0 Å². The number of rotatable bonds is 2. The normalized spacial score (nSPS) is 15.2. The lowest BCUT2D eigenvalue weighted by atomic mass is 9.90. The van der Waals surface area contributed by atoms with Crippen LogP contribution < -0.4 is 10.1 Å². The van der Waals surface area contributed by atoms with Gasteiger partial charge in [0.05, 0.1) is 12.0 Å². The zero-order valence-electron chi connectivity index (χ0n) is 16.1. The van der Waals surface area contributed by atoms with Crippen LogP contribution in [-0.2, 0) is 0 Å². The number of hydrogen-bond acceptors (Lipinski definition) is 4. The molecule has 0 bridgehead atoms. The average molecular weight is 442 g/mol. The maximum Gasteiger partial charge on any atom is 0.291 e. The number of ether oxygens (including phenoxy) is 1. The number of halogens is 1. The first-order valence-electron chi connectivity index (χ1n) is 9.02. The summed E-state index contributed by atoms with van der Waals surface area (Å²) in [6.45, 7) is 7.52. The van der Waals surface area contributed by atoms with Gasteiger partial charge < -0.3 is 14.5 Å². The number of fused-ring (bicyclic) bond motifs is 3. The molecule has 0 unspecified atom stereocenters. The molecular formula is C22H20BrNO4. The molecule has 1 aliphatic rings. The fourth-order valence-electron chi connectivity index (χ4n) is 3.62. The zero-order chi connectivity index (χ0) is 20.2. The topological polar surface area (TPSA) is 68.5 Å². The molecule has 5 nitrogen and oxygen atoms in total. The van der Waals surface area contributed by atoms with Gasteiger partial charge in [-0.15, -0.1) is 0 Å². The number of ketones is 1. The third kappa shape index (κ3) is 3.11. The molecule has 0 atom stereocenters. The molecule has 0 saturated heterocycles. The van der Waals surface area contributed by atoms with Crippen LogP contribution >= 0.6 is 15.9 Å². The lowest BCUT2D eigenvalue weighted by molar-refractivity contribution is 0.0623. The summed E-state index contributed by atoms with van der Waals surface area (Å²) in [6.07, 6.45) is 0.281. The van der Waals surface area contributed by atoms with E-state index in [1.165, 1.54) is 0 Å². The molecular weight excluding hydrogens is 422 g/mol. The van der Waals surface area contributed by atoms with Crippen LogP contribution in [0.2, 0.25) is 0 Å². The second kappa shape index (κ2) is 6.48. The maximum atomic E-state index is 12.8. The zero-order valence-corrected chi connectivity index (χ0v) is 17.7. The number of carbonyl (C=O) groups is 2. The molecule has 3 aromatic rings. The first-order chi connectivity index (χ1) is 13.2. The van der Waals surface area contributed by atoms with Crippen LogP contribution in [0.3, 0.4) is 0 Å². The Morgan fingerprint density at radius 2 is 1.93 bits per heavy atom. The SMILES string of the molecule is Cc1cc(NC(=O)c2oc3ccc4c(c3c2C)C(=O)CC(C)(C)O4)ccc1Br. The molecule has 0 saturated carbocycles. The van der Waals surface area contributed by atoms with E-state index < -0.39 is 5.60 Å². The molecule has 1 aromatic heterocycles. The average Bonchev–Trinajstić information content (AvgIpc) is 2.94. The van der Waals surface area contributed by atoms with Gasteiger partial charge in [0.1, 0.15) is 16.9 Å². The van der Waals surface area contributed by atoms with Gasteiger partial charge in [-0.25, -0.2) is 0 Å². The predicted molar refractivity (Wildman–Crippen MR) is 111 cm³/mol. The highest BCUT2D eigenvalue weighted by atomic mass is 79.9. The largest absolute Gasteiger partial charge is 0.487 e. The number of furan rings is 1. The lowest BCUT2D eigenvalue weighted by Crippen LogP contribution is -2.35. The van der Waals surface area contributed by atoms with Crippen LogP contribution in [0.1, 0.15) is 52.3 Å². The van der Waals surface area contributed by atoms with Gasteiger partial charge in [0.25, 0.3) is 5.91 Å². The summed E-state index contributed by atoms with van der Waals surface area (Å²) in [5, 5.41) is 3.51. The fourth-order valence-corrected chi connectivity index (χ4v) is 3.87. The molecule has 1 aliphatic heterocycles. The van der Waals surface area contributed by atoms with Crippen LogP contribution in [0.4, 0.5) is 5.69 Å². The lowest BCUT2D eigenvalue weighted by Gasteiger charge is -2.31. The van der Waals surface area contributed by atoms with E-state index in [0.717, 1.165) is 10.0 Å². The maximum absolute atomic E-state index is 12.8. The summed E-state index contributed by atoms with van der Waals surface area (Å²) in [5.74, 6) is 0.375. The molecule has 2 heterocycles. The third-order valence-electron chi connectivity index (χ3n) is 4.93. The van der Waals surface area contributed by atoms with E-state index in [9.17, 15) is 9.59 Å². The van der Waals surface area contributed by atoms with E-state index in [-0.39, 0.29) is 23.9 Å². The van der Waals surface area contributed by atoms with Crippen LogP contribution in [0.5, 0.6) is 5.75 Å². The molecule has 0 radical (unpaired) electrons. The summed E-state index contributed by atoms with van der Waals surface area (Å²) >= 11 is 3.45. The number of amides is 1. The van der Waals surface area contributed by atoms with Crippen molar-refractivity contribution in [2.24, 2.45) is 0 Å². The summed E-state index contributed by atoms with van der Waals surface area (Å²) in [5.41, 5.74) is 2.78. The Bertz CT molecular complexity index is 1140. The summed E-state index contributed by atoms with van der Waals surface area (Å²) in [6, 6.07) is 9.05. The van der Waals surface area contributed by atoms with Gasteiger partial charge in [0, 0.05) is 21.1 Å².